The van der Waals surface area contributed by atoms with Gasteiger partial charge in [-0.05, 0) is 39.3 Å². The third-order valence-electron chi connectivity index (χ3n) is 3.76. The number of primary amides is 1. The Morgan fingerprint density at radius 3 is 2.60 bits per heavy atom. The number of rotatable bonds is 5. The molecule has 2 amide bonds. The minimum Gasteiger partial charge on any atom is -0.460 e. The molecular weight excluding hydrogens is 351 g/mol. The summed E-state index contributed by atoms with van der Waals surface area (Å²) in [4.78, 5) is 37.4. The van der Waals surface area contributed by atoms with Gasteiger partial charge in [-0.3, -0.25) is 14.4 Å². The van der Waals surface area contributed by atoms with Crippen molar-refractivity contribution in [2.75, 3.05) is 0 Å². The Bertz CT molecular complexity index is 730. The van der Waals surface area contributed by atoms with E-state index in [2.05, 4.69) is 0 Å². The molecule has 0 saturated carbocycles. The van der Waals surface area contributed by atoms with Crippen molar-refractivity contribution in [2.24, 2.45) is 5.73 Å². The van der Waals surface area contributed by atoms with Crippen LogP contribution in [0.3, 0.4) is 0 Å². The number of esters is 1. The molecule has 1 aromatic rings. The highest BCUT2D eigenvalue weighted by molar-refractivity contribution is 6.32. The molecule has 0 aromatic heterocycles. The molecule has 1 heterocycles. The van der Waals surface area contributed by atoms with Crippen LogP contribution < -0.4 is 5.73 Å². The Morgan fingerprint density at radius 1 is 1.40 bits per heavy atom. The molecule has 0 unspecified atom stereocenters. The second kappa shape index (κ2) is 7.00. The zero-order valence-electron chi connectivity index (χ0n) is 14.3. The summed E-state index contributed by atoms with van der Waals surface area (Å²) in [6.07, 6.45) is -0.0584. The number of ether oxygens (including phenoxy) is 1. The number of benzene rings is 1. The normalized spacial score (nSPS) is 15.1. The van der Waals surface area contributed by atoms with Gasteiger partial charge in [-0.25, -0.2) is 4.39 Å². The molecular formula is C17H20ClFN2O4. The van der Waals surface area contributed by atoms with Crippen molar-refractivity contribution < 1.29 is 23.5 Å². The van der Waals surface area contributed by atoms with Crippen molar-refractivity contribution in [2.45, 2.75) is 51.8 Å². The van der Waals surface area contributed by atoms with E-state index in [0.29, 0.717) is 5.56 Å². The SMILES string of the molecule is CC(C)(C)OC(=O)CC[C@@H](C(N)=O)N1Cc2c(ccc(F)c2Cl)C1=O. The van der Waals surface area contributed by atoms with Gasteiger partial charge in [0.2, 0.25) is 5.91 Å². The van der Waals surface area contributed by atoms with Crippen LogP contribution in [0.1, 0.15) is 49.5 Å². The van der Waals surface area contributed by atoms with E-state index in [1.807, 2.05) is 0 Å². The largest absolute Gasteiger partial charge is 0.460 e. The molecule has 1 atom stereocenters. The highest BCUT2D eigenvalue weighted by Crippen LogP contribution is 2.33. The zero-order valence-corrected chi connectivity index (χ0v) is 15.0. The molecule has 1 aliphatic heterocycles. The number of nitrogens with zero attached hydrogens (tertiary/aromatic N) is 1. The van der Waals surface area contributed by atoms with Crippen LogP contribution in [0.5, 0.6) is 0 Å². The van der Waals surface area contributed by atoms with Crippen molar-refractivity contribution in [3.05, 3.63) is 34.1 Å². The third-order valence-corrected chi connectivity index (χ3v) is 4.17. The van der Waals surface area contributed by atoms with Gasteiger partial charge in [0, 0.05) is 24.1 Å². The van der Waals surface area contributed by atoms with Crippen LogP contribution in [0.25, 0.3) is 0 Å². The van der Waals surface area contributed by atoms with Crippen molar-refractivity contribution in [1.29, 1.82) is 0 Å². The minimum atomic E-state index is -1.01. The highest BCUT2D eigenvalue weighted by Gasteiger charge is 2.37. The molecule has 6 nitrogen and oxygen atoms in total. The predicted octanol–water partition coefficient (Wildman–Crippen LogP) is 2.41. The number of halogens is 2. The Morgan fingerprint density at radius 2 is 2.04 bits per heavy atom. The number of carbonyl (C=O) groups is 3. The first-order chi connectivity index (χ1) is 11.5. The summed E-state index contributed by atoms with van der Waals surface area (Å²) in [6.45, 7) is 5.15. The average Bonchev–Trinajstić information content (AvgIpc) is 2.79. The van der Waals surface area contributed by atoms with E-state index in [1.54, 1.807) is 20.8 Å². The van der Waals surface area contributed by atoms with Crippen LogP contribution >= 0.6 is 11.6 Å². The summed E-state index contributed by atoms with van der Waals surface area (Å²) in [5.41, 5.74) is 5.30. The van der Waals surface area contributed by atoms with Crippen molar-refractivity contribution in [3.63, 3.8) is 0 Å². The minimum absolute atomic E-state index is 0.0179. The van der Waals surface area contributed by atoms with Gasteiger partial charge in [-0.15, -0.1) is 0 Å². The summed E-state index contributed by atoms with van der Waals surface area (Å²) in [5.74, 6) is -2.35. The quantitative estimate of drug-likeness (QED) is 0.806. The first kappa shape index (κ1) is 19.2. The fraction of sp³-hybridized carbons (Fsp3) is 0.471. The van der Waals surface area contributed by atoms with E-state index in [-0.39, 0.29) is 30.0 Å². The predicted molar refractivity (Wildman–Crippen MR) is 89.3 cm³/mol. The second-order valence-corrected chi connectivity index (χ2v) is 7.24. The summed E-state index contributed by atoms with van der Waals surface area (Å²) in [7, 11) is 0. The first-order valence-electron chi connectivity index (χ1n) is 7.80. The monoisotopic (exact) mass is 370 g/mol. The van der Waals surface area contributed by atoms with Gasteiger partial charge < -0.3 is 15.4 Å². The Balaban J connectivity index is 2.14. The van der Waals surface area contributed by atoms with Gasteiger partial charge in [0.15, 0.2) is 0 Å². The van der Waals surface area contributed by atoms with E-state index in [1.165, 1.54) is 11.0 Å². The third kappa shape index (κ3) is 4.28. The zero-order chi connectivity index (χ0) is 18.9. The number of carbonyl (C=O) groups excluding carboxylic acids is 3. The highest BCUT2D eigenvalue weighted by atomic mass is 35.5. The molecule has 0 bridgehead atoms. The van der Waals surface area contributed by atoms with E-state index in [9.17, 15) is 18.8 Å². The molecule has 0 saturated heterocycles. The fourth-order valence-corrected chi connectivity index (χ4v) is 2.92. The molecule has 8 heteroatoms. The molecule has 2 N–H and O–H groups in total. The molecule has 1 aliphatic rings. The van der Waals surface area contributed by atoms with E-state index < -0.39 is 35.2 Å². The average molecular weight is 371 g/mol. The Kier molecular flexibility index (Phi) is 5.37. The summed E-state index contributed by atoms with van der Waals surface area (Å²) < 4.78 is 18.8. The molecule has 0 aliphatic carbocycles. The lowest BCUT2D eigenvalue weighted by Gasteiger charge is -2.25. The Hall–Kier alpha value is -2.15. The maximum Gasteiger partial charge on any atom is 0.306 e. The number of fused-ring (bicyclic) bond motifs is 1. The van der Waals surface area contributed by atoms with E-state index in [4.69, 9.17) is 22.1 Å². The van der Waals surface area contributed by atoms with Gasteiger partial charge in [-0.1, -0.05) is 11.6 Å². The van der Waals surface area contributed by atoms with Crippen LogP contribution in [-0.2, 0) is 20.9 Å². The van der Waals surface area contributed by atoms with Crippen LogP contribution in [0.15, 0.2) is 12.1 Å². The summed E-state index contributed by atoms with van der Waals surface area (Å²) >= 11 is 5.91. The van der Waals surface area contributed by atoms with Gasteiger partial charge >= 0.3 is 5.97 Å². The lowest BCUT2D eigenvalue weighted by Crippen LogP contribution is -2.45. The molecule has 0 radical (unpaired) electrons. The van der Waals surface area contributed by atoms with Crippen molar-refractivity contribution in [3.8, 4) is 0 Å². The topological polar surface area (TPSA) is 89.7 Å². The van der Waals surface area contributed by atoms with Gasteiger partial charge in [-0.2, -0.15) is 0 Å². The molecule has 1 aromatic carbocycles. The van der Waals surface area contributed by atoms with E-state index >= 15 is 0 Å². The lowest BCUT2D eigenvalue weighted by atomic mass is 10.1. The molecule has 0 spiro atoms. The lowest BCUT2D eigenvalue weighted by molar-refractivity contribution is -0.155. The van der Waals surface area contributed by atoms with Crippen LogP contribution in [-0.4, -0.2) is 34.3 Å². The van der Waals surface area contributed by atoms with Crippen LogP contribution in [0.2, 0.25) is 5.02 Å². The molecule has 25 heavy (non-hydrogen) atoms. The Labute approximate surface area is 150 Å². The van der Waals surface area contributed by atoms with Crippen molar-refractivity contribution in [1.82, 2.24) is 4.90 Å². The van der Waals surface area contributed by atoms with Crippen LogP contribution in [0, 0.1) is 5.82 Å². The van der Waals surface area contributed by atoms with E-state index in [0.717, 1.165) is 6.07 Å². The first-order valence-corrected chi connectivity index (χ1v) is 8.18. The summed E-state index contributed by atoms with van der Waals surface area (Å²) in [6, 6.07) is 1.42. The van der Waals surface area contributed by atoms with Crippen LogP contribution in [0.4, 0.5) is 4.39 Å². The number of amides is 2. The standard InChI is InChI=1S/C17H20ClFN2O4/c1-17(2,3)25-13(22)7-6-12(15(20)23)21-8-10-9(16(21)24)4-5-11(19)14(10)18/h4-5,12H,6-8H2,1-3H3,(H2,20,23)/t12-/m0/s1. The van der Waals surface area contributed by atoms with Gasteiger partial charge in [0.1, 0.15) is 17.5 Å². The maximum atomic E-state index is 13.6. The van der Waals surface area contributed by atoms with Crippen molar-refractivity contribution >= 4 is 29.4 Å². The maximum absolute atomic E-state index is 13.6. The van der Waals surface area contributed by atoms with Gasteiger partial charge in [0.25, 0.3) is 5.91 Å². The number of hydrogen-bond acceptors (Lipinski definition) is 4. The molecule has 2 rings (SSSR count). The number of nitrogens with two attached hydrogens (primary N) is 1. The molecule has 136 valence electrons. The molecule has 0 fully saturated rings. The smallest absolute Gasteiger partial charge is 0.306 e. The van der Waals surface area contributed by atoms with Gasteiger partial charge in [0.05, 0.1) is 5.02 Å². The second-order valence-electron chi connectivity index (χ2n) is 6.86. The fourth-order valence-electron chi connectivity index (χ4n) is 2.69. The summed E-state index contributed by atoms with van der Waals surface area (Å²) in [5, 5.41) is -0.149. The number of hydrogen-bond donors (Lipinski definition) is 1.